The Hall–Kier alpha value is -4.72. The van der Waals surface area contributed by atoms with Gasteiger partial charge in [0.25, 0.3) is 0 Å². The highest BCUT2D eigenvalue weighted by molar-refractivity contribution is 6.00. The highest BCUT2D eigenvalue weighted by Crippen LogP contribution is 2.46. The predicted octanol–water partition coefficient (Wildman–Crippen LogP) is 5.63. The van der Waals surface area contributed by atoms with Crippen LogP contribution in [-0.4, -0.2) is 31.0 Å². The first kappa shape index (κ1) is 25.9. The number of ether oxygens (including phenoxy) is 3. The Morgan fingerprint density at radius 1 is 0.949 bits per heavy atom. The zero-order valence-electron chi connectivity index (χ0n) is 22.6. The fourth-order valence-electron chi connectivity index (χ4n) is 5.27. The molecule has 1 atom stereocenters. The lowest BCUT2D eigenvalue weighted by Gasteiger charge is -2.24. The SMILES string of the molecule is COc1cc2oc(=O)ccc2cc1C(C=C(C)C)c1c(OC)cc2c(c1O)c(=O)c1cccc(OC)c1n2C. The van der Waals surface area contributed by atoms with Gasteiger partial charge in [-0.1, -0.05) is 17.7 Å². The number of nitrogens with zero attached hydrogens (tertiary/aromatic N) is 1. The van der Waals surface area contributed by atoms with Crippen LogP contribution < -0.4 is 25.3 Å². The summed E-state index contributed by atoms with van der Waals surface area (Å²) in [6.45, 7) is 3.89. The second-order valence-corrected chi connectivity index (χ2v) is 9.59. The fraction of sp³-hybridized carbons (Fsp3) is 0.226. The molecule has 1 unspecified atom stereocenters. The Kier molecular flexibility index (Phi) is 6.56. The fourth-order valence-corrected chi connectivity index (χ4v) is 5.27. The van der Waals surface area contributed by atoms with Gasteiger partial charge in [0.05, 0.1) is 43.1 Å². The molecule has 0 aliphatic rings. The van der Waals surface area contributed by atoms with Gasteiger partial charge in [0.1, 0.15) is 28.6 Å². The van der Waals surface area contributed by atoms with Gasteiger partial charge < -0.3 is 28.3 Å². The highest BCUT2D eigenvalue weighted by Gasteiger charge is 2.28. The summed E-state index contributed by atoms with van der Waals surface area (Å²) in [5, 5.41) is 13.1. The Morgan fingerprint density at radius 2 is 1.67 bits per heavy atom. The number of para-hydroxylation sites is 1. The maximum atomic E-state index is 13.8. The number of phenolic OH excluding ortho intramolecular Hbond substituents is 1. The van der Waals surface area contributed by atoms with Crippen LogP contribution >= 0.6 is 0 Å². The van der Waals surface area contributed by atoms with Crippen LogP contribution in [0.3, 0.4) is 0 Å². The molecule has 8 heteroatoms. The molecule has 0 aliphatic carbocycles. The first-order valence-electron chi connectivity index (χ1n) is 12.4. The lowest BCUT2D eigenvalue weighted by atomic mass is 9.86. The van der Waals surface area contributed by atoms with Crippen LogP contribution in [0.15, 0.2) is 74.2 Å². The van der Waals surface area contributed by atoms with E-state index in [1.165, 1.54) is 20.3 Å². The Morgan fingerprint density at radius 3 is 2.33 bits per heavy atom. The summed E-state index contributed by atoms with van der Waals surface area (Å²) in [7, 11) is 6.42. The topological polar surface area (TPSA) is 100 Å². The maximum absolute atomic E-state index is 13.8. The molecule has 0 saturated heterocycles. The molecule has 0 bridgehead atoms. The summed E-state index contributed by atoms with van der Waals surface area (Å²) < 4.78 is 24.2. The van der Waals surface area contributed by atoms with Crippen LogP contribution in [0, 0.1) is 0 Å². The number of rotatable bonds is 6. The first-order valence-corrected chi connectivity index (χ1v) is 12.4. The van der Waals surface area contributed by atoms with Gasteiger partial charge in [-0.15, -0.1) is 0 Å². The number of methoxy groups -OCH3 is 3. The summed E-state index contributed by atoms with van der Waals surface area (Å²) in [5.74, 6) is 0.655. The van der Waals surface area contributed by atoms with Crippen LogP contribution in [0.1, 0.15) is 30.9 Å². The smallest absolute Gasteiger partial charge is 0.336 e. The van der Waals surface area contributed by atoms with Crippen molar-refractivity contribution < 1.29 is 23.7 Å². The quantitative estimate of drug-likeness (QED) is 0.174. The van der Waals surface area contributed by atoms with Crippen molar-refractivity contribution in [2.24, 2.45) is 7.05 Å². The minimum absolute atomic E-state index is 0.173. The van der Waals surface area contributed by atoms with Crippen molar-refractivity contribution in [1.29, 1.82) is 0 Å². The molecule has 39 heavy (non-hydrogen) atoms. The second-order valence-electron chi connectivity index (χ2n) is 9.59. The number of aryl methyl sites for hydroxylation is 1. The van der Waals surface area contributed by atoms with Crippen LogP contribution in [0.4, 0.5) is 0 Å². The minimum Gasteiger partial charge on any atom is -0.507 e. The molecular weight excluding hydrogens is 498 g/mol. The molecular formula is C31H29NO7. The van der Waals surface area contributed by atoms with E-state index in [2.05, 4.69) is 0 Å². The molecule has 0 spiro atoms. The summed E-state index contributed by atoms with van der Waals surface area (Å²) in [5.41, 5.74) is 2.80. The predicted molar refractivity (Wildman–Crippen MR) is 152 cm³/mol. The third kappa shape index (κ3) is 4.18. The molecule has 0 aliphatic heterocycles. The van der Waals surface area contributed by atoms with Gasteiger partial charge in [0.15, 0.2) is 0 Å². The largest absolute Gasteiger partial charge is 0.507 e. The van der Waals surface area contributed by atoms with E-state index in [0.717, 1.165) is 5.57 Å². The number of aromatic hydroxyl groups is 1. The van der Waals surface area contributed by atoms with Gasteiger partial charge in [0, 0.05) is 47.7 Å². The standard InChI is InChI=1S/C31H29NO7/c1-16(2)12-20(19-13-17-10-11-26(33)39-23(17)15-24(19)37-5)27-25(38-6)14-21-28(31(27)35)30(34)18-8-7-9-22(36-4)29(18)32(21)3/h7-15,20,35H,1-6H3. The zero-order valence-corrected chi connectivity index (χ0v) is 22.6. The van der Waals surface area contributed by atoms with E-state index in [4.69, 9.17) is 18.6 Å². The van der Waals surface area contributed by atoms with Crippen molar-refractivity contribution in [3.63, 3.8) is 0 Å². The lowest BCUT2D eigenvalue weighted by Crippen LogP contribution is -2.13. The number of phenols is 1. The van der Waals surface area contributed by atoms with Crippen molar-refractivity contribution in [3.8, 4) is 23.0 Å². The number of allylic oxidation sites excluding steroid dienone is 2. The summed E-state index contributed by atoms with van der Waals surface area (Å²) >= 11 is 0. The van der Waals surface area contributed by atoms with Gasteiger partial charge >= 0.3 is 5.63 Å². The third-order valence-corrected chi connectivity index (χ3v) is 7.01. The molecule has 200 valence electrons. The van der Waals surface area contributed by atoms with E-state index in [0.29, 0.717) is 55.8 Å². The van der Waals surface area contributed by atoms with Crippen molar-refractivity contribution in [1.82, 2.24) is 4.57 Å². The van der Waals surface area contributed by atoms with E-state index in [1.807, 2.05) is 37.6 Å². The highest BCUT2D eigenvalue weighted by atomic mass is 16.5. The van der Waals surface area contributed by atoms with Gasteiger partial charge in [-0.25, -0.2) is 4.79 Å². The van der Waals surface area contributed by atoms with Crippen molar-refractivity contribution >= 4 is 32.8 Å². The second kappa shape index (κ2) is 9.87. The number of benzene rings is 3. The number of fused-ring (bicyclic) bond motifs is 3. The molecule has 2 aromatic heterocycles. The van der Waals surface area contributed by atoms with Gasteiger partial charge in [-0.05, 0) is 38.1 Å². The number of hydrogen-bond acceptors (Lipinski definition) is 7. The summed E-state index contributed by atoms with van der Waals surface area (Å²) in [6.07, 6.45) is 1.97. The zero-order chi connectivity index (χ0) is 28.0. The van der Waals surface area contributed by atoms with Crippen molar-refractivity contribution in [2.45, 2.75) is 19.8 Å². The lowest BCUT2D eigenvalue weighted by molar-refractivity contribution is 0.396. The molecule has 2 heterocycles. The van der Waals surface area contributed by atoms with E-state index in [9.17, 15) is 14.7 Å². The molecule has 1 N–H and O–H groups in total. The number of aromatic nitrogens is 1. The molecule has 8 nitrogen and oxygen atoms in total. The van der Waals surface area contributed by atoms with Gasteiger partial charge in [-0.2, -0.15) is 0 Å². The molecule has 0 fully saturated rings. The number of hydrogen-bond donors (Lipinski definition) is 1. The average molecular weight is 528 g/mol. The van der Waals surface area contributed by atoms with Gasteiger partial charge in [-0.3, -0.25) is 4.79 Å². The summed E-state index contributed by atoms with van der Waals surface area (Å²) in [6, 6.07) is 13.6. The van der Waals surface area contributed by atoms with Crippen LogP contribution in [0.25, 0.3) is 32.8 Å². The van der Waals surface area contributed by atoms with Gasteiger partial charge in [0.2, 0.25) is 5.43 Å². The third-order valence-electron chi connectivity index (χ3n) is 7.01. The monoisotopic (exact) mass is 527 g/mol. The van der Waals surface area contributed by atoms with Crippen LogP contribution in [0.2, 0.25) is 0 Å². The summed E-state index contributed by atoms with van der Waals surface area (Å²) in [4.78, 5) is 25.6. The molecule has 3 aromatic carbocycles. The minimum atomic E-state index is -0.564. The molecule has 5 rings (SSSR count). The van der Waals surface area contributed by atoms with Crippen molar-refractivity contribution in [3.05, 3.63) is 92.0 Å². The first-order chi connectivity index (χ1) is 18.7. The normalized spacial score (nSPS) is 12.1. The molecule has 0 radical (unpaired) electrons. The Labute approximate surface area is 224 Å². The van der Waals surface area contributed by atoms with Crippen LogP contribution in [-0.2, 0) is 7.05 Å². The molecule has 5 aromatic rings. The molecule has 0 amide bonds. The Bertz CT molecular complexity index is 1910. The van der Waals surface area contributed by atoms with Crippen LogP contribution in [0.5, 0.6) is 23.0 Å². The average Bonchev–Trinajstić information content (AvgIpc) is 2.93. The number of pyridine rings is 1. The van der Waals surface area contributed by atoms with E-state index < -0.39 is 11.5 Å². The van der Waals surface area contributed by atoms with E-state index in [1.54, 1.807) is 43.5 Å². The molecule has 0 saturated carbocycles. The van der Waals surface area contributed by atoms with Crippen molar-refractivity contribution in [2.75, 3.05) is 21.3 Å². The Balaban J connectivity index is 1.92. The maximum Gasteiger partial charge on any atom is 0.336 e. The van der Waals surface area contributed by atoms with E-state index >= 15 is 0 Å². The van der Waals surface area contributed by atoms with E-state index in [-0.39, 0.29) is 16.6 Å².